The summed E-state index contributed by atoms with van der Waals surface area (Å²) in [6.45, 7) is 5.81. The third kappa shape index (κ3) is 6.21. The van der Waals surface area contributed by atoms with Crippen molar-refractivity contribution in [3.63, 3.8) is 0 Å². The van der Waals surface area contributed by atoms with Gasteiger partial charge in [-0.25, -0.2) is 18.3 Å². The summed E-state index contributed by atoms with van der Waals surface area (Å²) in [5.74, 6) is -0.540. The van der Waals surface area contributed by atoms with E-state index in [-0.39, 0.29) is 28.2 Å². The van der Waals surface area contributed by atoms with E-state index in [1.807, 2.05) is 32.2 Å². The van der Waals surface area contributed by atoms with Gasteiger partial charge in [0.25, 0.3) is 0 Å². The second kappa shape index (κ2) is 11.1. The maximum atomic E-state index is 14.9. The van der Waals surface area contributed by atoms with Crippen molar-refractivity contribution < 1.29 is 18.3 Å². The van der Waals surface area contributed by atoms with E-state index in [2.05, 4.69) is 25.1 Å². The van der Waals surface area contributed by atoms with Crippen molar-refractivity contribution in [2.75, 3.05) is 10.6 Å². The topological polar surface area (TPSA) is 118 Å². The van der Waals surface area contributed by atoms with E-state index in [1.165, 1.54) is 40.5 Å². The van der Waals surface area contributed by atoms with E-state index in [0.717, 1.165) is 12.1 Å². The molecule has 0 aliphatic rings. The summed E-state index contributed by atoms with van der Waals surface area (Å²) < 4.78 is 40.7. The second-order valence-electron chi connectivity index (χ2n) is 9.94. The van der Waals surface area contributed by atoms with E-state index >= 15 is 0 Å². The van der Waals surface area contributed by atoms with Gasteiger partial charge in [-0.15, -0.1) is 0 Å². The number of hydrogen-bond donors (Lipinski definition) is 2. The van der Waals surface area contributed by atoms with Crippen LogP contribution in [0.1, 0.15) is 32.0 Å². The summed E-state index contributed by atoms with van der Waals surface area (Å²) in [4.78, 5) is 17.2. The number of rotatable bonds is 6. The van der Waals surface area contributed by atoms with Gasteiger partial charge in [0.15, 0.2) is 0 Å². The van der Waals surface area contributed by atoms with Gasteiger partial charge in [0, 0.05) is 41.3 Å². The number of nitriles is 1. The first-order chi connectivity index (χ1) is 19.6. The molecule has 9 nitrogen and oxygen atoms in total. The summed E-state index contributed by atoms with van der Waals surface area (Å²) in [5.41, 5.74) is 1.67. The minimum absolute atomic E-state index is 0.0840. The number of halogens is 2. The molecular weight excluding hydrogens is 548 g/mol. The summed E-state index contributed by atoms with van der Waals surface area (Å²) in [7, 11) is 0. The number of nitrogens with one attached hydrogen (secondary N) is 2. The molecule has 0 radical (unpaired) electrons. The quantitative estimate of drug-likeness (QED) is 0.221. The monoisotopic (exact) mass is 571 g/mol. The van der Waals surface area contributed by atoms with Gasteiger partial charge in [0.05, 0.1) is 28.3 Å². The lowest BCUT2D eigenvalue weighted by Gasteiger charge is -2.14. The average molecular weight is 572 g/mol. The average Bonchev–Trinajstić information content (AvgIpc) is 3.61. The van der Waals surface area contributed by atoms with Crippen molar-refractivity contribution in [2.24, 2.45) is 0 Å². The maximum Gasteiger partial charge on any atom is 0.324 e. The fourth-order valence-electron chi connectivity index (χ4n) is 3.79. The fourth-order valence-corrected chi connectivity index (χ4v) is 4.30. The third-order valence-corrected chi connectivity index (χ3v) is 6.45. The Balaban J connectivity index is 1.33. The van der Waals surface area contributed by atoms with Crippen LogP contribution in [0.5, 0.6) is 11.5 Å². The van der Waals surface area contributed by atoms with Crippen molar-refractivity contribution in [1.82, 2.24) is 19.1 Å². The zero-order valence-electron chi connectivity index (χ0n) is 22.1. The molecular formula is C29H23F2N7O2S. The highest BCUT2D eigenvalue weighted by molar-refractivity contribution is 7.03. The molecule has 3 aromatic heterocycles. The number of aromatic nitrogens is 4. The van der Waals surface area contributed by atoms with E-state index in [1.54, 1.807) is 30.5 Å². The lowest BCUT2D eigenvalue weighted by atomic mass is 9.92. The highest BCUT2D eigenvalue weighted by Crippen LogP contribution is 2.29. The smallest absolute Gasteiger partial charge is 0.324 e. The number of anilines is 2. The molecule has 2 N–H and O–H groups in total. The molecule has 0 fully saturated rings. The van der Waals surface area contributed by atoms with Crippen LogP contribution in [-0.4, -0.2) is 25.2 Å². The Morgan fingerprint density at radius 3 is 2.46 bits per heavy atom. The van der Waals surface area contributed by atoms with Crippen LogP contribution in [0.3, 0.4) is 0 Å². The molecule has 41 heavy (non-hydrogen) atoms. The first-order valence-corrected chi connectivity index (χ1v) is 13.2. The number of benzene rings is 2. The van der Waals surface area contributed by atoms with Crippen molar-refractivity contribution in [3.05, 3.63) is 95.1 Å². The van der Waals surface area contributed by atoms with Crippen LogP contribution in [0.4, 0.5) is 25.1 Å². The third-order valence-electron chi connectivity index (χ3n) is 5.89. The Bertz CT molecular complexity index is 1770. The summed E-state index contributed by atoms with van der Waals surface area (Å²) in [5, 5.41) is 20.5. The molecule has 206 valence electrons. The number of carbonyl (C=O) groups is 1. The minimum atomic E-state index is -0.740. The number of nitrogens with zero attached hydrogens (tertiary/aromatic N) is 5. The summed E-state index contributed by atoms with van der Waals surface area (Å²) >= 11 is 1.31. The molecule has 2 aromatic carbocycles. The molecule has 5 aromatic rings. The standard InChI is InChI=1S/C29H23F2N7O2S/c1-29(2,3)26-15-27(38(36-26)18-5-4-17(16-32)21(30)12-18)35-28(39)34-23-7-6-19(13-22(23)31)40-20-8-10-33-25(14-20)24-9-11-41-37-24/h4-15H,1-3H3,(H2,34,35,39). The molecule has 0 saturated heterocycles. The Labute approximate surface area is 238 Å². The molecule has 0 aliphatic heterocycles. The molecule has 0 saturated carbocycles. The van der Waals surface area contributed by atoms with Gasteiger partial charge in [0.2, 0.25) is 0 Å². The van der Waals surface area contributed by atoms with Crippen molar-refractivity contribution in [2.45, 2.75) is 26.2 Å². The molecule has 0 unspecified atom stereocenters. The van der Waals surface area contributed by atoms with Crippen LogP contribution in [0.25, 0.3) is 17.1 Å². The zero-order valence-corrected chi connectivity index (χ0v) is 23.0. The Morgan fingerprint density at radius 1 is 0.976 bits per heavy atom. The van der Waals surface area contributed by atoms with Crippen LogP contribution in [0.2, 0.25) is 0 Å². The van der Waals surface area contributed by atoms with Gasteiger partial charge in [-0.1, -0.05) is 20.8 Å². The second-order valence-corrected chi connectivity index (χ2v) is 10.6. The largest absolute Gasteiger partial charge is 0.457 e. The van der Waals surface area contributed by atoms with Crippen LogP contribution in [0, 0.1) is 23.0 Å². The first-order valence-electron chi connectivity index (χ1n) is 12.3. The predicted molar refractivity (Wildman–Crippen MR) is 151 cm³/mol. The molecule has 12 heteroatoms. The molecule has 3 heterocycles. The van der Waals surface area contributed by atoms with Gasteiger partial charge in [-0.3, -0.25) is 10.3 Å². The summed E-state index contributed by atoms with van der Waals surface area (Å²) in [6.07, 6.45) is 1.57. The maximum absolute atomic E-state index is 14.9. The van der Waals surface area contributed by atoms with E-state index < -0.39 is 17.7 Å². The fraction of sp³-hybridized carbons (Fsp3) is 0.138. The summed E-state index contributed by atoms with van der Waals surface area (Å²) in [6, 6.07) is 15.9. The normalized spacial score (nSPS) is 11.1. The van der Waals surface area contributed by atoms with Crippen LogP contribution < -0.4 is 15.4 Å². The van der Waals surface area contributed by atoms with Crippen LogP contribution >= 0.6 is 11.5 Å². The highest BCUT2D eigenvalue weighted by atomic mass is 32.1. The molecule has 0 atom stereocenters. The number of amides is 2. The lowest BCUT2D eigenvalue weighted by molar-refractivity contribution is 0.262. The van der Waals surface area contributed by atoms with Crippen molar-refractivity contribution in [1.29, 1.82) is 5.26 Å². The molecule has 2 amide bonds. The minimum Gasteiger partial charge on any atom is -0.457 e. The van der Waals surface area contributed by atoms with Crippen LogP contribution in [0.15, 0.2) is 72.2 Å². The van der Waals surface area contributed by atoms with Crippen molar-refractivity contribution in [3.8, 4) is 34.6 Å². The van der Waals surface area contributed by atoms with Gasteiger partial charge in [-0.05, 0) is 47.9 Å². The molecule has 5 rings (SSSR count). The molecule has 0 bridgehead atoms. The SMILES string of the molecule is CC(C)(C)c1cc(NC(=O)Nc2ccc(Oc3ccnc(-c4ccsn4)c3)cc2F)n(-c2ccc(C#N)c(F)c2)n1. The number of pyridine rings is 1. The Hall–Kier alpha value is -5.15. The lowest BCUT2D eigenvalue weighted by Crippen LogP contribution is -2.22. The van der Waals surface area contributed by atoms with Gasteiger partial charge >= 0.3 is 6.03 Å². The zero-order chi connectivity index (χ0) is 29.1. The van der Waals surface area contributed by atoms with Gasteiger partial charge in [0.1, 0.15) is 40.7 Å². The number of ether oxygens (including phenoxy) is 1. The number of urea groups is 1. The Kier molecular flexibility index (Phi) is 7.45. The molecule has 0 spiro atoms. The predicted octanol–water partition coefficient (Wildman–Crippen LogP) is 7.27. The van der Waals surface area contributed by atoms with E-state index in [4.69, 9.17) is 10.00 Å². The number of hydrogen-bond acceptors (Lipinski definition) is 7. The highest BCUT2D eigenvalue weighted by Gasteiger charge is 2.22. The van der Waals surface area contributed by atoms with Crippen molar-refractivity contribution >= 4 is 29.1 Å². The van der Waals surface area contributed by atoms with E-state index in [0.29, 0.717) is 28.5 Å². The molecule has 0 aliphatic carbocycles. The number of carbonyl (C=O) groups excluding carboxylic acids is 1. The Morgan fingerprint density at radius 2 is 1.78 bits per heavy atom. The first kappa shape index (κ1) is 27.4. The van der Waals surface area contributed by atoms with Gasteiger partial charge < -0.3 is 10.1 Å². The van der Waals surface area contributed by atoms with Gasteiger partial charge in [-0.2, -0.15) is 14.7 Å². The van der Waals surface area contributed by atoms with Crippen LogP contribution in [-0.2, 0) is 5.41 Å². The van der Waals surface area contributed by atoms with E-state index in [9.17, 15) is 13.6 Å².